The molecule has 0 aliphatic rings. The molecule has 1 N–H and O–H groups in total. The van der Waals surface area contributed by atoms with E-state index in [-0.39, 0.29) is 15.9 Å². The summed E-state index contributed by atoms with van der Waals surface area (Å²) in [6, 6.07) is 13.8. The van der Waals surface area contributed by atoms with E-state index in [4.69, 9.17) is 0 Å². The van der Waals surface area contributed by atoms with Crippen molar-refractivity contribution in [2.45, 2.75) is 31.0 Å². The molecule has 0 saturated carbocycles. The van der Waals surface area contributed by atoms with Crippen molar-refractivity contribution < 1.29 is 17.6 Å². The molecule has 30 heavy (non-hydrogen) atoms. The fourth-order valence-electron chi connectivity index (χ4n) is 3.16. The van der Waals surface area contributed by atoms with Crippen LogP contribution < -0.4 is 9.62 Å². The molecule has 0 aliphatic heterocycles. The van der Waals surface area contributed by atoms with Crippen LogP contribution in [0.15, 0.2) is 64.2 Å². The van der Waals surface area contributed by atoms with Crippen LogP contribution in [0.3, 0.4) is 0 Å². The summed E-state index contributed by atoms with van der Waals surface area (Å²) in [6.07, 6.45) is 0. The number of anilines is 1. The standard InChI is InChI=1S/C22H23FN2O3S2/c1-15-6-7-16(2)20(13-15)17(3)24-21(26)14-25(19-10-8-18(23)9-11-19)30(27,28)22-5-4-12-29-22/h4-13,17H,14H2,1-3H3,(H,24,26)/t17-/m0/s1. The number of benzene rings is 2. The van der Waals surface area contributed by atoms with Crippen molar-refractivity contribution in [2.75, 3.05) is 10.8 Å². The highest BCUT2D eigenvalue weighted by Gasteiger charge is 2.28. The van der Waals surface area contributed by atoms with Gasteiger partial charge in [-0.3, -0.25) is 9.10 Å². The van der Waals surface area contributed by atoms with Crippen LogP contribution in [0.2, 0.25) is 0 Å². The number of hydrogen-bond acceptors (Lipinski definition) is 4. The molecule has 3 rings (SSSR count). The van der Waals surface area contributed by atoms with Gasteiger partial charge >= 0.3 is 0 Å². The lowest BCUT2D eigenvalue weighted by Gasteiger charge is -2.25. The van der Waals surface area contributed by atoms with Gasteiger partial charge in [-0.05, 0) is 67.6 Å². The molecular formula is C22H23FN2O3S2. The summed E-state index contributed by atoms with van der Waals surface area (Å²) in [5.74, 6) is -0.937. The second-order valence-electron chi connectivity index (χ2n) is 7.07. The first kappa shape index (κ1) is 22.0. The highest BCUT2D eigenvalue weighted by atomic mass is 32.2. The van der Waals surface area contributed by atoms with Crippen LogP contribution in [0.5, 0.6) is 0 Å². The zero-order chi connectivity index (χ0) is 21.9. The van der Waals surface area contributed by atoms with E-state index >= 15 is 0 Å². The molecule has 1 aromatic heterocycles. The van der Waals surface area contributed by atoms with E-state index in [9.17, 15) is 17.6 Å². The van der Waals surface area contributed by atoms with Gasteiger partial charge in [0.1, 0.15) is 16.6 Å². The predicted octanol–water partition coefficient (Wildman–Crippen LogP) is 4.58. The van der Waals surface area contributed by atoms with Crippen LogP contribution in [-0.4, -0.2) is 20.9 Å². The minimum atomic E-state index is -3.97. The van der Waals surface area contributed by atoms with E-state index < -0.39 is 28.3 Å². The molecule has 0 aliphatic carbocycles. The third-order valence-corrected chi connectivity index (χ3v) is 7.87. The van der Waals surface area contributed by atoms with Gasteiger partial charge in [-0.2, -0.15) is 0 Å². The van der Waals surface area contributed by atoms with Crippen molar-refractivity contribution in [3.8, 4) is 0 Å². The molecule has 8 heteroatoms. The van der Waals surface area contributed by atoms with Gasteiger partial charge in [0.15, 0.2) is 0 Å². The van der Waals surface area contributed by atoms with E-state index in [0.29, 0.717) is 0 Å². The third-order valence-electron chi connectivity index (χ3n) is 4.72. The Morgan fingerprint density at radius 1 is 1.13 bits per heavy atom. The summed E-state index contributed by atoms with van der Waals surface area (Å²) in [5.41, 5.74) is 3.30. The average molecular weight is 447 g/mol. The Labute approximate surface area is 180 Å². The second-order valence-corrected chi connectivity index (χ2v) is 10.1. The fourth-order valence-corrected chi connectivity index (χ4v) is 5.69. The molecule has 0 unspecified atom stereocenters. The number of halogens is 1. The number of thiophene rings is 1. The number of carbonyl (C=O) groups is 1. The van der Waals surface area contributed by atoms with Crippen LogP contribution in [0.25, 0.3) is 0 Å². The summed E-state index contributed by atoms with van der Waals surface area (Å²) in [7, 11) is -3.97. The minimum Gasteiger partial charge on any atom is -0.348 e. The summed E-state index contributed by atoms with van der Waals surface area (Å²) in [5, 5.41) is 4.53. The lowest BCUT2D eigenvalue weighted by atomic mass is 10.00. The monoisotopic (exact) mass is 446 g/mol. The molecule has 1 amide bonds. The molecule has 2 aromatic carbocycles. The van der Waals surface area contributed by atoms with E-state index in [0.717, 1.165) is 32.3 Å². The van der Waals surface area contributed by atoms with Gasteiger partial charge in [-0.25, -0.2) is 12.8 Å². The van der Waals surface area contributed by atoms with Crippen molar-refractivity contribution in [1.29, 1.82) is 0 Å². The molecule has 1 heterocycles. The van der Waals surface area contributed by atoms with Gasteiger partial charge in [0.2, 0.25) is 5.91 Å². The van der Waals surface area contributed by atoms with Crippen molar-refractivity contribution in [2.24, 2.45) is 0 Å². The predicted molar refractivity (Wildman–Crippen MR) is 118 cm³/mol. The Balaban J connectivity index is 1.86. The summed E-state index contributed by atoms with van der Waals surface area (Å²) in [4.78, 5) is 12.8. The number of sulfonamides is 1. The Morgan fingerprint density at radius 2 is 1.83 bits per heavy atom. The molecule has 5 nitrogen and oxygen atoms in total. The summed E-state index contributed by atoms with van der Waals surface area (Å²) >= 11 is 1.06. The van der Waals surface area contributed by atoms with Gasteiger partial charge in [-0.15, -0.1) is 11.3 Å². The zero-order valence-corrected chi connectivity index (χ0v) is 18.6. The van der Waals surface area contributed by atoms with Gasteiger partial charge in [0.05, 0.1) is 11.7 Å². The van der Waals surface area contributed by atoms with Crippen LogP contribution in [-0.2, 0) is 14.8 Å². The molecule has 0 saturated heterocycles. The maximum absolute atomic E-state index is 13.4. The van der Waals surface area contributed by atoms with E-state index in [1.54, 1.807) is 11.4 Å². The molecular weight excluding hydrogens is 423 g/mol. The molecule has 0 radical (unpaired) electrons. The van der Waals surface area contributed by atoms with Crippen molar-refractivity contribution in [3.05, 3.63) is 82.5 Å². The first-order chi connectivity index (χ1) is 14.2. The maximum atomic E-state index is 13.4. The smallest absolute Gasteiger partial charge is 0.274 e. The third kappa shape index (κ3) is 4.88. The van der Waals surface area contributed by atoms with Gasteiger partial charge in [-0.1, -0.05) is 29.8 Å². The molecule has 0 spiro atoms. The zero-order valence-electron chi connectivity index (χ0n) is 16.9. The number of amides is 1. The van der Waals surface area contributed by atoms with Crippen LogP contribution in [0, 0.1) is 19.7 Å². The highest BCUT2D eigenvalue weighted by Crippen LogP contribution is 2.27. The maximum Gasteiger partial charge on any atom is 0.274 e. The number of carbonyl (C=O) groups excluding carboxylic acids is 1. The Kier molecular flexibility index (Phi) is 6.58. The van der Waals surface area contributed by atoms with Gasteiger partial charge < -0.3 is 5.32 Å². The van der Waals surface area contributed by atoms with Gasteiger partial charge in [0, 0.05) is 0 Å². The van der Waals surface area contributed by atoms with E-state index in [2.05, 4.69) is 5.32 Å². The van der Waals surface area contributed by atoms with Crippen molar-refractivity contribution in [3.63, 3.8) is 0 Å². The molecule has 3 aromatic rings. The van der Waals surface area contributed by atoms with E-state index in [1.807, 2.05) is 39.0 Å². The fraction of sp³-hybridized carbons (Fsp3) is 0.227. The van der Waals surface area contributed by atoms with E-state index in [1.165, 1.54) is 30.3 Å². The number of nitrogens with zero attached hydrogens (tertiary/aromatic N) is 1. The first-order valence-electron chi connectivity index (χ1n) is 9.37. The van der Waals surface area contributed by atoms with Crippen LogP contribution in [0.1, 0.15) is 29.7 Å². The number of hydrogen-bond donors (Lipinski definition) is 1. The quantitative estimate of drug-likeness (QED) is 0.578. The normalized spacial score (nSPS) is 12.4. The Bertz CT molecular complexity index is 1130. The van der Waals surface area contributed by atoms with Crippen molar-refractivity contribution >= 4 is 33.0 Å². The average Bonchev–Trinajstić information content (AvgIpc) is 3.24. The van der Waals surface area contributed by atoms with Crippen LogP contribution >= 0.6 is 11.3 Å². The number of aryl methyl sites for hydroxylation is 2. The number of nitrogens with one attached hydrogen (secondary N) is 1. The topological polar surface area (TPSA) is 66.5 Å². The number of rotatable bonds is 7. The highest BCUT2D eigenvalue weighted by molar-refractivity contribution is 7.94. The minimum absolute atomic E-state index is 0.113. The van der Waals surface area contributed by atoms with Gasteiger partial charge in [0.25, 0.3) is 10.0 Å². The Hall–Kier alpha value is -2.71. The molecule has 1 atom stereocenters. The largest absolute Gasteiger partial charge is 0.348 e. The van der Waals surface area contributed by atoms with Crippen molar-refractivity contribution in [1.82, 2.24) is 5.32 Å². The first-order valence-corrected chi connectivity index (χ1v) is 11.7. The lowest BCUT2D eigenvalue weighted by molar-refractivity contribution is -0.120. The SMILES string of the molecule is Cc1ccc(C)c([C@H](C)NC(=O)CN(c2ccc(F)cc2)S(=O)(=O)c2cccs2)c1. The molecule has 158 valence electrons. The Morgan fingerprint density at radius 3 is 2.47 bits per heavy atom. The summed E-state index contributed by atoms with van der Waals surface area (Å²) < 4.78 is 40.7. The van der Waals surface area contributed by atoms with Crippen LogP contribution in [0.4, 0.5) is 10.1 Å². The lowest BCUT2D eigenvalue weighted by Crippen LogP contribution is -2.41. The molecule has 0 fully saturated rings. The molecule has 0 bridgehead atoms. The summed E-state index contributed by atoms with van der Waals surface area (Å²) in [6.45, 7) is 5.38. The second kappa shape index (κ2) is 8.97.